The van der Waals surface area contributed by atoms with Crippen molar-refractivity contribution in [3.8, 4) is 0 Å². The zero-order valence-corrected chi connectivity index (χ0v) is 13.8. The number of primary amides is 1. The summed E-state index contributed by atoms with van der Waals surface area (Å²) >= 11 is 0. The van der Waals surface area contributed by atoms with Gasteiger partial charge in [-0.05, 0) is 6.92 Å². The number of nitrogens with zero attached hydrogens (tertiary/aromatic N) is 2. The predicted octanol–water partition coefficient (Wildman–Crippen LogP) is -2.59. The lowest BCUT2D eigenvalue weighted by Crippen LogP contribution is -2.58. The fraction of sp³-hybridized carbons (Fsp3) is 0.786. The SMILES string of the molecule is CC(C(N)=O)N1CCC(O)(NC(=O)NCCN2CCOCC2)C1=O. The van der Waals surface area contributed by atoms with E-state index in [1.54, 1.807) is 0 Å². The molecule has 2 heterocycles. The highest BCUT2D eigenvalue weighted by Gasteiger charge is 2.48. The van der Waals surface area contributed by atoms with E-state index in [9.17, 15) is 19.5 Å². The minimum absolute atomic E-state index is 0.000335. The molecule has 2 unspecified atom stereocenters. The lowest BCUT2D eigenvalue weighted by molar-refractivity contribution is -0.148. The summed E-state index contributed by atoms with van der Waals surface area (Å²) in [6.45, 7) is 5.65. The molecular formula is C14H25N5O5. The van der Waals surface area contributed by atoms with Crippen molar-refractivity contribution in [1.29, 1.82) is 0 Å². The van der Waals surface area contributed by atoms with Gasteiger partial charge in [0.25, 0.3) is 5.91 Å². The summed E-state index contributed by atoms with van der Waals surface area (Å²) in [5.41, 5.74) is 3.17. The molecule has 2 fully saturated rings. The predicted molar refractivity (Wildman–Crippen MR) is 83.7 cm³/mol. The van der Waals surface area contributed by atoms with Crippen LogP contribution in [0.2, 0.25) is 0 Å². The van der Waals surface area contributed by atoms with E-state index in [1.165, 1.54) is 6.92 Å². The van der Waals surface area contributed by atoms with Crippen LogP contribution in [0.15, 0.2) is 0 Å². The Labute approximate surface area is 140 Å². The van der Waals surface area contributed by atoms with Gasteiger partial charge >= 0.3 is 6.03 Å². The van der Waals surface area contributed by atoms with Crippen LogP contribution in [-0.2, 0) is 14.3 Å². The van der Waals surface area contributed by atoms with Crippen molar-refractivity contribution in [2.45, 2.75) is 25.1 Å². The maximum absolute atomic E-state index is 12.2. The van der Waals surface area contributed by atoms with Gasteiger partial charge in [0.05, 0.1) is 13.2 Å². The Kier molecular flexibility index (Phi) is 5.97. The number of carbonyl (C=O) groups excluding carboxylic acids is 3. The van der Waals surface area contributed by atoms with E-state index in [4.69, 9.17) is 10.5 Å². The second-order valence-electron chi connectivity index (χ2n) is 6.02. The Morgan fingerprint density at radius 2 is 2.04 bits per heavy atom. The van der Waals surface area contributed by atoms with Gasteiger partial charge in [0.1, 0.15) is 6.04 Å². The van der Waals surface area contributed by atoms with Crippen LogP contribution in [-0.4, -0.2) is 90.5 Å². The van der Waals surface area contributed by atoms with Crippen LogP contribution in [0.5, 0.6) is 0 Å². The molecule has 2 atom stereocenters. The van der Waals surface area contributed by atoms with Gasteiger partial charge in [0, 0.05) is 39.1 Å². The number of rotatable bonds is 6. The number of amides is 4. The highest BCUT2D eigenvalue weighted by Crippen LogP contribution is 2.22. The number of morpholine rings is 1. The molecule has 2 rings (SSSR count). The number of aliphatic hydroxyl groups is 1. The van der Waals surface area contributed by atoms with E-state index in [2.05, 4.69) is 15.5 Å². The maximum Gasteiger partial charge on any atom is 0.317 e. The van der Waals surface area contributed by atoms with E-state index in [0.717, 1.165) is 18.0 Å². The largest absolute Gasteiger partial charge is 0.379 e. The molecule has 4 amide bonds. The molecule has 0 aromatic heterocycles. The molecule has 10 heteroatoms. The minimum atomic E-state index is -2.01. The first-order valence-electron chi connectivity index (χ1n) is 8.02. The summed E-state index contributed by atoms with van der Waals surface area (Å²) in [6, 6.07) is -1.47. The molecule has 2 aliphatic heterocycles. The van der Waals surface area contributed by atoms with Gasteiger partial charge in [0.2, 0.25) is 11.6 Å². The molecule has 0 spiro atoms. The van der Waals surface area contributed by atoms with Crippen molar-refractivity contribution in [3.05, 3.63) is 0 Å². The number of urea groups is 1. The Morgan fingerprint density at radius 1 is 1.38 bits per heavy atom. The quantitative estimate of drug-likeness (QED) is 0.391. The van der Waals surface area contributed by atoms with Crippen LogP contribution < -0.4 is 16.4 Å². The van der Waals surface area contributed by atoms with Crippen LogP contribution >= 0.6 is 0 Å². The molecular weight excluding hydrogens is 318 g/mol. The first-order chi connectivity index (χ1) is 11.3. The second-order valence-corrected chi connectivity index (χ2v) is 6.02. The topological polar surface area (TPSA) is 137 Å². The average molecular weight is 343 g/mol. The molecule has 10 nitrogen and oxygen atoms in total. The van der Waals surface area contributed by atoms with Crippen molar-refractivity contribution in [1.82, 2.24) is 20.4 Å². The molecule has 24 heavy (non-hydrogen) atoms. The lowest BCUT2D eigenvalue weighted by Gasteiger charge is -2.27. The van der Waals surface area contributed by atoms with Gasteiger partial charge < -0.3 is 31.1 Å². The number of nitrogens with two attached hydrogens (primary N) is 1. The van der Waals surface area contributed by atoms with Gasteiger partial charge in [-0.25, -0.2) is 4.79 Å². The number of likely N-dealkylation sites (tertiary alicyclic amines) is 1. The first kappa shape index (κ1) is 18.4. The van der Waals surface area contributed by atoms with Crippen molar-refractivity contribution < 1.29 is 24.2 Å². The monoisotopic (exact) mass is 343 g/mol. The summed E-state index contributed by atoms with van der Waals surface area (Å²) < 4.78 is 5.24. The molecule has 136 valence electrons. The normalized spacial score (nSPS) is 26.2. The van der Waals surface area contributed by atoms with Crippen molar-refractivity contribution in [2.24, 2.45) is 5.73 Å². The zero-order chi connectivity index (χ0) is 17.7. The Hall–Kier alpha value is -1.91. The van der Waals surface area contributed by atoms with Gasteiger partial charge in [-0.3, -0.25) is 14.5 Å². The van der Waals surface area contributed by atoms with Crippen LogP contribution in [0.1, 0.15) is 13.3 Å². The molecule has 0 saturated carbocycles. The van der Waals surface area contributed by atoms with E-state index in [1.807, 2.05) is 0 Å². The summed E-state index contributed by atoms with van der Waals surface area (Å²) in [5.74, 6) is -1.39. The van der Waals surface area contributed by atoms with Gasteiger partial charge in [-0.15, -0.1) is 0 Å². The smallest absolute Gasteiger partial charge is 0.317 e. The standard InChI is InChI=1S/C14H25N5O5/c1-10(11(15)20)19-4-2-14(23,12(19)21)17-13(22)16-3-5-18-6-8-24-9-7-18/h10,23H,2-9H2,1H3,(H2,15,20)(H2,16,17,22). The average Bonchev–Trinajstić information content (AvgIpc) is 2.83. The first-order valence-corrected chi connectivity index (χ1v) is 8.02. The van der Waals surface area contributed by atoms with E-state index >= 15 is 0 Å². The molecule has 2 saturated heterocycles. The third-order valence-corrected chi connectivity index (χ3v) is 4.35. The van der Waals surface area contributed by atoms with Crippen LogP contribution in [0, 0.1) is 0 Å². The van der Waals surface area contributed by atoms with Crippen LogP contribution in [0.4, 0.5) is 4.79 Å². The molecule has 0 radical (unpaired) electrons. The van der Waals surface area contributed by atoms with Gasteiger partial charge in [-0.2, -0.15) is 0 Å². The molecule has 0 aromatic carbocycles. The number of nitrogens with one attached hydrogen (secondary N) is 2. The fourth-order valence-corrected chi connectivity index (χ4v) is 2.75. The molecule has 0 aromatic rings. The maximum atomic E-state index is 12.2. The lowest BCUT2D eigenvalue weighted by atomic mass is 10.2. The number of ether oxygens (including phenoxy) is 1. The number of carbonyl (C=O) groups is 3. The van der Waals surface area contributed by atoms with Gasteiger partial charge in [-0.1, -0.05) is 0 Å². The summed E-state index contributed by atoms with van der Waals surface area (Å²) in [6.07, 6.45) is 0.000335. The highest BCUT2D eigenvalue weighted by molar-refractivity contribution is 5.94. The van der Waals surface area contributed by atoms with E-state index < -0.39 is 29.6 Å². The van der Waals surface area contributed by atoms with Crippen molar-refractivity contribution >= 4 is 17.8 Å². The van der Waals surface area contributed by atoms with Crippen LogP contribution in [0.25, 0.3) is 0 Å². The van der Waals surface area contributed by atoms with Crippen molar-refractivity contribution in [3.63, 3.8) is 0 Å². The Morgan fingerprint density at radius 3 is 2.67 bits per heavy atom. The number of hydrogen-bond donors (Lipinski definition) is 4. The van der Waals surface area contributed by atoms with E-state index in [0.29, 0.717) is 26.3 Å². The number of hydrogen-bond acceptors (Lipinski definition) is 6. The molecule has 0 bridgehead atoms. The zero-order valence-electron chi connectivity index (χ0n) is 13.8. The Balaban J connectivity index is 1.78. The van der Waals surface area contributed by atoms with Gasteiger partial charge in [0.15, 0.2) is 0 Å². The van der Waals surface area contributed by atoms with E-state index in [-0.39, 0.29) is 13.0 Å². The molecule has 5 N–H and O–H groups in total. The third kappa shape index (κ3) is 4.34. The Bertz CT molecular complexity index is 496. The summed E-state index contributed by atoms with van der Waals surface area (Å²) in [4.78, 5) is 38.6. The second kappa shape index (κ2) is 7.77. The molecule has 0 aliphatic carbocycles. The summed E-state index contributed by atoms with van der Waals surface area (Å²) in [7, 11) is 0. The third-order valence-electron chi connectivity index (χ3n) is 4.35. The minimum Gasteiger partial charge on any atom is -0.379 e. The highest BCUT2D eigenvalue weighted by atomic mass is 16.5. The van der Waals surface area contributed by atoms with Crippen LogP contribution in [0.3, 0.4) is 0 Å². The molecule has 2 aliphatic rings. The van der Waals surface area contributed by atoms with Crippen molar-refractivity contribution in [2.75, 3.05) is 45.9 Å². The summed E-state index contributed by atoms with van der Waals surface area (Å²) in [5, 5.41) is 15.2. The fourth-order valence-electron chi connectivity index (χ4n) is 2.75.